The number of hydrogen-bond acceptors (Lipinski definition) is 3. The average molecular weight is 357 g/mol. The zero-order chi connectivity index (χ0) is 19.0. The Morgan fingerprint density at radius 1 is 0.889 bits per heavy atom. The van der Waals surface area contributed by atoms with Gasteiger partial charge in [0.1, 0.15) is 16.7 Å². The van der Waals surface area contributed by atoms with Crippen LogP contribution in [0.5, 0.6) is 5.75 Å². The van der Waals surface area contributed by atoms with Gasteiger partial charge in [-0.3, -0.25) is 0 Å². The van der Waals surface area contributed by atoms with Crippen molar-refractivity contribution in [1.29, 1.82) is 0 Å². The predicted molar refractivity (Wildman–Crippen MR) is 109 cm³/mol. The van der Waals surface area contributed by atoms with Crippen LogP contribution in [0.3, 0.4) is 0 Å². The summed E-state index contributed by atoms with van der Waals surface area (Å²) in [7, 11) is 0. The summed E-state index contributed by atoms with van der Waals surface area (Å²) in [5, 5.41) is 20.2. The van der Waals surface area contributed by atoms with Crippen LogP contribution in [-0.4, -0.2) is 20.1 Å². The van der Waals surface area contributed by atoms with Crippen LogP contribution in [0.15, 0.2) is 66.7 Å². The molecule has 3 aromatic carbocycles. The predicted octanol–water partition coefficient (Wildman–Crippen LogP) is 5.48. The lowest BCUT2D eigenvalue weighted by Gasteiger charge is -2.25. The van der Waals surface area contributed by atoms with Gasteiger partial charge in [0.05, 0.1) is 0 Å². The number of phenols is 1. The Balaban J connectivity index is 1.99. The summed E-state index contributed by atoms with van der Waals surface area (Å²) in [6.45, 7) is 6.60. The summed E-state index contributed by atoms with van der Waals surface area (Å²) in [4.78, 5) is 1.54. The number of nitrogens with zero attached hydrogens (tertiary/aromatic N) is 3. The molecule has 1 aromatic heterocycles. The molecule has 0 aliphatic rings. The maximum absolute atomic E-state index is 11.1. The number of hydrogen-bond donors (Lipinski definition) is 1. The van der Waals surface area contributed by atoms with Gasteiger partial charge < -0.3 is 5.11 Å². The Bertz CT molecular complexity index is 1060. The standard InChI is InChI=1S/C23H23N3O/c1-4-23(2,3)17-14-18(16-10-6-5-7-11-16)22(27)21(15-17)26-24-19-12-8-9-13-20(19)25-26/h5-15,27H,4H2,1-3H3. The van der Waals surface area contributed by atoms with Crippen LogP contribution >= 0.6 is 0 Å². The van der Waals surface area contributed by atoms with Crippen molar-refractivity contribution in [3.05, 3.63) is 72.3 Å². The third kappa shape index (κ3) is 3.08. The minimum atomic E-state index is -0.0292. The van der Waals surface area contributed by atoms with Gasteiger partial charge in [-0.1, -0.05) is 63.2 Å². The largest absolute Gasteiger partial charge is 0.505 e. The van der Waals surface area contributed by atoms with Crippen LogP contribution in [0.4, 0.5) is 0 Å². The molecule has 0 radical (unpaired) electrons. The highest BCUT2D eigenvalue weighted by Crippen LogP contribution is 2.39. The summed E-state index contributed by atoms with van der Waals surface area (Å²) >= 11 is 0. The van der Waals surface area contributed by atoms with Gasteiger partial charge in [-0.05, 0) is 47.2 Å². The Kier molecular flexibility index (Phi) is 4.19. The lowest BCUT2D eigenvalue weighted by atomic mass is 9.80. The van der Waals surface area contributed by atoms with E-state index in [-0.39, 0.29) is 11.2 Å². The molecule has 0 saturated heterocycles. The van der Waals surface area contributed by atoms with Gasteiger partial charge in [-0.2, -0.15) is 0 Å². The van der Waals surface area contributed by atoms with Crippen molar-refractivity contribution < 1.29 is 5.11 Å². The molecule has 4 nitrogen and oxygen atoms in total. The fraction of sp³-hybridized carbons (Fsp3) is 0.217. The van der Waals surface area contributed by atoms with E-state index in [2.05, 4.69) is 37.0 Å². The molecule has 0 bridgehead atoms. The molecule has 0 aliphatic carbocycles. The molecule has 4 rings (SSSR count). The molecule has 4 aromatic rings. The van der Waals surface area contributed by atoms with E-state index in [1.54, 1.807) is 4.80 Å². The molecule has 0 aliphatic heterocycles. The lowest BCUT2D eigenvalue weighted by molar-refractivity contribution is 0.465. The summed E-state index contributed by atoms with van der Waals surface area (Å²) in [5.41, 5.74) is 5.10. The van der Waals surface area contributed by atoms with Gasteiger partial charge in [-0.25, -0.2) is 0 Å². The molecule has 4 heteroatoms. The van der Waals surface area contributed by atoms with E-state index in [0.717, 1.165) is 34.1 Å². The van der Waals surface area contributed by atoms with E-state index in [4.69, 9.17) is 0 Å². The maximum Gasteiger partial charge on any atom is 0.150 e. The van der Waals surface area contributed by atoms with Crippen LogP contribution < -0.4 is 0 Å². The number of benzene rings is 3. The highest BCUT2D eigenvalue weighted by Gasteiger charge is 2.23. The zero-order valence-corrected chi connectivity index (χ0v) is 15.8. The summed E-state index contributed by atoms with van der Waals surface area (Å²) in [6.07, 6.45) is 0.986. The van der Waals surface area contributed by atoms with Gasteiger partial charge in [0.25, 0.3) is 0 Å². The van der Waals surface area contributed by atoms with Gasteiger partial charge in [0.2, 0.25) is 0 Å². The first-order valence-corrected chi connectivity index (χ1v) is 9.25. The molecule has 0 unspecified atom stereocenters. The van der Waals surface area contributed by atoms with Crippen molar-refractivity contribution >= 4 is 11.0 Å². The van der Waals surface area contributed by atoms with Crippen molar-refractivity contribution in [2.75, 3.05) is 0 Å². The maximum atomic E-state index is 11.1. The first kappa shape index (κ1) is 17.3. The second-order valence-corrected chi connectivity index (χ2v) is 7.47. The quantitative estimate of drug-likeness (QED) is 0.526. The SMILES string of the molecule is CCC(C)(C)c1cc(-c2ccccc2)c(O)c(-n2nc3ccccc3n2)c1. The van der Waals surface area contributed by atoms with Gasteiger partial charge >= 0.3 is 0 Å². The summed E-state index contributed by atoms with van der Waals surface area (Å²) < 4.78 is 0. The molecule has 0 fully saturated rings. The minimum Gasteiger partial charge on any atom is -0.505 e. The smallest absolute Gasteiger partial charge is 0.150 e. The Hall–Kier alpha value is -3.14. The fourth-order valence-corrected chi connectivity index (χ4v) is 3.17. The molecular formula is C23H23N3O. The number of rotatable bonds is 4. The number of phenolic OH excluding ortho intramolecular Hbond substituents is 1. The van der Waals surface area contributed by atoms with E-state index in [1.807, 2.05) is 60.7 Å². The second kappa shape index (κ2) is 6.54. The van der Waals surface area contributed by atoms with Crippen LogP contribution in [0.1, 0.15) is 32.8 Å². The topological polar surface area (TPSA) is 50.9 Å². The number of aromatic hydroxyl groups is 1. The van der Waals surface area contributed by atoms with Crippen LogP contribution in [0.2, 0.25) is 0 Å². The van der Waals surface area contributed by atoms with Crippen LogP contribution in [0, 0.1) is 0 Å². The van der Waals surface area contributed by atoms with E-state index in [9.17, 15) is 5.11 Å². The van der Waals surface area contributed by atoms with Crippen molar-refractivity contribution in [2.45, 2.75) is 32.6 Å². The molecular weight excluding hydrogens is 334 g/mol. The van der Waals surface area contributed by atoms with Crippen molar-refractivity contribution in [1.82, 2.24) is 15.0 Å². The average Bonchev–Trinajstić information content (AvgIpc) is 3.12. The number of fused-ring (bicyclic) bond motifs is 1. The molecule has 1 heterocycles. The van der Waals surface area contributed by atoms with Gasteiger partial charge in [0.15, 0.2) is 5.75 Å². The van der Waals surface area contributed by atoms with Crippen LogP contribution in [-0.2, 0) is 5.41 Å². The molecule has 0 saturated carbocycles. The van der Waals surface area contributed by atoms with Gasteiger partial charge in [0, 0.05) is 5.56 Å². The second-order valence-electron chi connectivity index (χ2n) is 7.47. The normalized spacial score (nSPS) is 11.8. The third-order valence-electron chi connectivity index (χ3n) is 5.34. The first-order valence-electron chi connectivity index (χ1n) is 9.25. The monoisotopic (exact) mass is 357 g/mol. The van der Waals surface area contributed by atoms with E-state index >= 15 is 0 Å². The lowest BCUT2D eigenvalue weighted by Crippen LogP contribution is -2.16. The molecule has 0 atom stereocenters. The molecule has 27 heavy (non-hydrogen) atoms. The molecule has 0 spiro atoms. The minimum absolute atomic E-state index is 0.0292. The Morgan fingerprint density at radius 2 is 1.48 bits per heavy atom. The highest BCUT2D eigenvalue weighted by molar-refractivity contribution is 5.77. The van der Waals surface area contributed by atoms with E-state index in [1.165, 1.54) is 0 Å². The fourth-order valence-electron chi connectivity index (χ4n) is 3.17. The molecule has 0 amide bonds. The Labute approximate surface area is 159 Å². The van der Waals surface area contributed by atoms with Crippen molar-refractivity contribution in [2.24, 2.45) is 0 Å². The highest BCUT2D eigenvalue weighted by atomic mass is 16.3. The Morgan fingerprint density at radius 3 is 2.07 bits per heavy atom. The molecule has 136 valence electrons. The van der Waals surface area contributed by atoms with Crippen molar-refractivity contribution in [3.63, 3.8) is 0 Å². The first-order chi connectivity index (χ1) is 13.0. The van der Waals surface area contributed by atoms with Crippen LogP contribution in [0.25, 0.3) is 27.8 Å². The summed E-state index contributed by atoms with van der Waals surface area (Å²) in [6, 6.07) is 21.8. The van der Waals surface area contributed by atoms with Crippen molar-refractivity contribution in [3.8, 4) is 22.6 Å². The number of aromatic nitrogens is 3. The van der Waals surface area contributed by atoms with Gasteiger partial charge in [-0.15, -0.1) is 15.0 Å². The van der Waals surface area contributed by atoms with E-state index < -0.39 is 0 Å². The third-order valence-corrected chi connectivity index (χ3v) is 5.34. The summed E-state index contributed by atoms with van der Waals surface area (Å²) in [5.74, 6) is 0.192. The molecule has 1 N–H and O–H groups in total. The van der Waals surface area contributed by atoms with E-state index in [0.29, 0.717) is 5.69 Å². The zero-order valence-electron chi connectivity index (χ0n) is 15.8.